The molecule has 0 saturated carbocycles. The Morgan fingerprint density at radius 1 is 1.07 bits per heavy atom. The van der Waals surface area contributed by atoms with Gasteiger partial charge in [0.2, 0.25) is 5.88 Å². The summed E-state index contributed by atoms with van der Waals surface area (Å²) in [6, 6.07) is 20.4. The highest BCUT2D eigenvalue weighted by Gasteiger charge is 2.25. The summed E-state index contributed by atoms with van der Waals surface area (Å²) in [5, 5.41) is 3.82. The smallest absolute Gasteiger partial charge is 0.260 e. The number of amides is 1. The first kappa shape index (κ1) is 17.2. The van der Waals surface area contributed by atoms with Crippen molar-refractivity contribution in [1.82, 2.24) is 19.9 Å². The number of nitrogens with two attached hydrogens (primary N) is 1. The van der Waals surface area contributed by atoms with Crippen molar-refractivity contribution in [3.05, 3.63) is 71.8 Å². The molecule has 29 heavy (non-hydrogen) atoms. The summed E-state index contributed by atoms with van der Waals surface area (Å²) < 4.78 is 7.83. The highest BCUT2D eigenvalue weighted by molar-refractivity contribution is 6.01. The Labute approximate surface area is 167 Å². The van der Waals surface area contributed by atoms with E-state index in [2.05, 4.69) is 44.1 Å². The third-order valence-electron chi connectivity index (χ3n) is 4.98. The Morgan fingerprint density at radius 2 is 1.86 bits per heavy atom. The molecule has 1 amide bonds. The number of nitrogens with zero attached hydrogens (tertiary/aromatic N) is 3. The van der Waals surface area contributed by atoms with Gasteiger partial charge in [-0.25, -0.2) is 4.98 Å². The Bertz CT molecular complexity index is 1220. The van der Waals surface area contributed by atoms with Crippen molar-refractivity contribution in [3.63, 3.8) is 0 Å². The number of hydrogen-bond donors (Lipinski definition) is 2. The molecule has 3 N–H and O–H groups in total. The molecule has 144 valence electrons. The molecule has 0 atom stereocenters. The minimum absolute atomic E-state index is 0.112. The average Bonchev–Trinajstić information content (AvgIpc) is 2.98. The number of hydrogen-bond acceptors (Lipinski definition) is 5. The van der Waals surface area contributed by atoms with Crippen LogP contribution in [0.25, 0.3) is 22.4 Å². The fourth-order valence-electron chi connectivity index (χ4n) is 3.62. The molecule has 1 aliphatic heterocycles. The van der Waals surface area contributed by atoms with Gasteiger partial charge in [-0.15, -0.1) is 0 Å². The molecular weight excluding hydrogens is 366 g/mol. The third kappa shape index (κ3) is 3.06. The van der Waals surface area contributed by atoms with Crippen LogP contribution in [-0.4, -0.2) is 33.6 Å². The van der Waals surface area contributed by atoms with Gasteiger partial charge in [-0.3, -0.25) is 4.79 Å². The van der Waals surface area contributed by atoms with E-state index >= 15 is 0 Å². The molecule has 0 aliphatic carbocycles. The molecule has 4 aromatic rings. The van der Waals surface area contributed by atoms with Gasteiger partial charge in [0, 0.05) is 17.4 Å². The first-order valence-electron chi connectivity index (χ1n) is 9.42. The monoisotopic (exact) mass is 385 g/mol. The number of fused-ring (bicyclic) bond motifs is 2. The van der Waals surface area contributed by atoms with E-state index in [9.17, 15) is 4.79 Å². The molecule has 7 nitrogen and oxygen atoms in total. The molecule has 2 aromatic carbocycles. The normalized spacial score (nSPS) is 13.4. The van der Waals surface area contributed by atoms with Crippen molar-refractivity contribution in [2.75, 3.05) is 18.9 Å². The topological polar surface area (TPSA) is 95.1 Å². The van der Waals surface area contributed by atoms with E-state index in [1.807, 2.05) is 36.4 Å². The van der Waals surface area contributed by atoms with E-state index in [1.165, 1.54) is 0 Å². The highest BCUT2D eigenvalue weighted by atomic mass is 16.5. The van der Waals surface area contributed by atoms with E-state index in [4.69, 9.17) is 10.5 Å². The summed E-state index contributed by atoms with van der Waals surface area (Å²) in [4.78, 5) is 21.3. The van der Waals surface area contributed by atoms with Gasteiger partial charge < -0.3 is 20.4 Å². The van der Waals surface area contributed by atoms with E-state index in [-0.39, 0.29) is 23.2 Å². The number of para-hydroxylation sites is 1. The summed E-state index contributed by atoms with van der Waals surface area (Å²) in [5.74, 6) is 0.453. The van der Waals surface area contributed by atoms with Gasteiger partial charge in [-0.05, 0) is 17.7 Å². The van der Waals surface area contributed by atoms with E-state index in [1.54, 1.807) is 0 Å². The van der Waals surface area contributed by atoms with Crippen LogP contribution >= 0.6 is 0 Å². The zero-order valence-electron chi connectivity index (χ0n) is 15.6. The van der Waals surface area contributed by atoms with E-state index in [0.717, 1.165) is 22.2 Å². The molecule has 3 heterocycles. The minimum atomic E-state index is -0.314. The van der Waals surface area contributed by atoms with Crippen LogP contribution in [0.1, 0.15) is 15.9 Å². The van der Waals surface area contributed by atoms with Crippen LogP contribution in [0.3, 0.4) is 0 Å². The zero-order chi connectivity index (χ0) is 19.8. The van der Waals surface area contributed by atoms with Gasteiger partial charge in [-0.2, -0.15) is 4.98 Å². The van der Waals surface area contributed by atoms with Gasteiger partial charge in [-0.1, -0.05) is 48.5 Å². The van der Waals surface area contributed by atoms with Gasteiger partial charge in [0.15, 0.2) is 5.82 Å². The third-order valence-corrected chi connectivity index (χ3v) is 4.98. The van der Waals surface area contributed by atoms with Crippen molar-refractivity contribution in [2.24, 2.45) is 0 Å². The van der Waals surface area contributed by atoms with Crippen LogP contribution < -0.4 is 15.8 Å². The molecule has 1 aliphatic rings. The number of anilines is 1. The van der Waals surface area contributed by atoms with Gasteiger partial charge in [0.1, 0.15) is 18.0 Å². The zero-order valence-corrected chi connectivity index (χ0v) is 15.6. The molecule has 0 saturated heterocycles. The molecule has 0 spiro atoms. The van der Waals surface area contributed by atoms with Crippen molar-refractivity contribution in [2.45, 2.75) is 6.54 Å². The number of carbonyl (C=O) groups is 1. The SMILES string of the molecule is Nc1nc(-c2cc3ccccc3n2Cc2ccccc2)nc2c1C(=O)NCCO2. The van der Waals surface area contributed by atoms with Crippen molar-refractivity contribution < 1.29 is 9.53 Å². The van der Waals surface area contributed by atoms with E-state index in [0.29, 0.717) is 25.5 Å². The second kappa shape index (κ2) is 6.94. The number of ether oxygens (including phenoxy) is 1. The lowest BCUT2D eigenvalue weighted by molar-refractivity contribution is 0.0957. The van der Waals surface area contributed by atoms with Crippen LogP contribution in [0.5, 0.6) is 5.88 Å². The molecule has 2 aromatic heterocycles. The first-order valence-corrected chi connectivity index (χ1v) is 9.42. The molecule has 0 radical (unpaired) electrons. The van der Waals surface area contributed by atoms with E-state index < -0.39 is 0 Å². The van der Waals surface area contributed by atoms with Crippen LogP contribution in [-0.2, 0) is 6.54 Å². The number of aromatic nitrogens is 3. The summed E-state index contributed by atoms with van der Waals surface area (Å²) >= 11 is 0. The predicted molar refractivity (Wildman–Crippen MR) is 111 cm³/mol. The second-order valence-electron chi connectivity index (χ2n) is 6.88. The standard InChI is InChI=1S/C22H19N5O2/c23-19-18-21(28)24-10-11-29-22(18)26-20(25-19)17-12-15-8-4-5-9-16(15)27(17)13-14-6-2-1-3-7-14/h1-9,12H,10-11,13H2,(H,24,28)(H2,23,25,26). The number of nitrogens with one attached hydrogen (secondary N) is 1. The molecule has 0 fully saturated rings. The first-order chi connectivity index (χ1) is 14.2. The fourth-order valence-corrected chi connectivity index (χ4v) is 3.62. The predicted octanol–water partition coefficient (Wildman–Crippen LogP) is 2.85. The second-order valence-corrected chi connectivity index (χ2v) is 6.88. The molecule has 5 rings (SSSR count). The Kier molecular flexibility index (Phi) is 4.13. The Morgan fingerprint density at radius 3 is 2.72 bits per heavy atom. The Balaban J connectivity index is 1.69. The van der Waals surface area contributed by atoms with Crippen LogP contribution in [0.2, 0.25) is 0 Å². The Hall–Kier alpha value is -3.87. The maximum absolute atomic E-state index is 12.3. The number of rotatable bonds is 3. The lowest BCUT2D eigenvalue weighted by Crippen LogP contribution is -2.25. The maximum atomic E-state index is 12.3. The summed E-state index contributed by atoms with van der Waals surface area (Å²) in [7, 11) is 0. The highest BCUT2D eigenvalue weighted by Crippen LogP contribution is 2.31. The minimum Gasteiger partial charge on any atom is -0.475 e. The summed E-state index contributed by atoms with van der Waals surface area (Å²) in [5.41, 5.74) is 9.38. The summed E-state index contributed by atoms with van der Waals surface area (Å²) in [6.07, 6.45) is 0. The van der Waals surface area contributed by atoms with Crippen LogP contribution in [0.4, 0.5) is 5.82 Å². The number of carbonyl (C=O) groups excluding carboxylic acids is 1. The lowest BCUT2D eigenvalue weighted by Gasteiger charge is -2.13. The van der Waals surface area contributed by atoms with Crippen molar-refractivity contribution >= 4 is 22.6 Å². The van der Waals surface area contributed by atoms with Gasteiger partial charge in [0.05, 0.1) is 12.2 Å². The molecule has 7 heteroatoms. The number of nitrogen functional groups attached to an aromatic ring is 1. The van der Waals surface area contributed by atoms with Crippen molar-refractivity contribution in [1.29, 1.82) is 0 Å². The van der Waals surface area contributed by atoms with Gasteiger partial charge in [0.25, 0.3) is 5.91 Å². The lowest BCUT2D eigenvalue weighted by atomic mass is 10.2. The molecular formula is C22H19N5O2. The quantitative estimate of drug-likeness (QED) is 0.565. The molecule has 0 unspecified atom stereocenters. The largest absolute Gasteiger partial charge is 0.475 e. The van der Waals surface area contributed by atoms with Crippen molar-refractivity contribution in [3.8, 4) is 17.4 Å². The van der Waals surface area contributed by atoms with Gasteiger partial charge >= 0.3 is 0 Å². The summed E-state index contributed by atoms with van der Waals surface area (Å²) in [6.45, 7) is 1.39. The maximum Gasteiger partial charge on any atom is 0.260 e. The molecule has 0 bridgehead atoms. The number of benzene rings is 2. The van der Waals surface area contributed by atoms with Crippen LogP contribution in [0, 0.1) is 0 Å². The fraction of sp³-hybridized carbons (Fsp3) is 0.136. The average molecular weight is 385 g/mol. The van der Waals surface area contributed by atoms with Crippen LogP contribution in [0.15, 0.2) is 60.7 Å².